The summed E-state index contributed by atoms with van der Waals surface area (Å²) in [5, 5.41) is 2.13. The van der Waals surface area contributed by atoms with Crippen molar-refractivity contribution in [3.63, 3.8) is 0 Å². The number of aryl methyl sites for hydroxylation is 1. The lowest BCUT2D eigenvalue weighted by Crippen LogP contribution is -2.59. The highest BCUT2D eigenvalue weighted by molar-refractivity contribution is 7.89. The third kappa shape index (κ3) is 4.82. The van der Waals surface area contributed by atoms with E-state index in [4.69, 9.17) is 4.84 Å². The van der Waals surface area contributed by atoms with Crippen LogP contribution >= 0.6 is 0 Å². The minimum Gasteiger partial charge on any atom is -0.296 e. The molecule has 2 fully saturated rings. The van der Waals surface area contributed by atoms with Gasteiger partial charge in [0.25, 0.3) is 0 Å². The highest BCUT2D eigenvalue weighted by Crippen LogP contribution is 2.39. The molecule has 0 aliphatic carbocycles. The highest BCUT2D eigenvalue weighted by atomic mass is 32.2. The van der Waals surface area contributed by atoms with Crippen LogP contribution in [0.5, 0.6) is 0 Å². The molecule has 2 atom stereocenters. The maximum Gasteiger partial charge on any atom is 0.243 e. The Balaban J connectivity index is 1.82. The molecule has 0 saturated carbocycles. The van der Waals surface area contributed by atoms with E-state index in [2.05, 4.69) is 39.3 Å². The Hall–Kier alpha value is -1.21. The third-order valence-electron chi connectivity index (χ3n) is 6.65. The van der Waals surface area contributed by atoms with Crippen molar-refractivity contribution in [2.45, 2.75) is 88.7 Å². The van der Waals surface area contributed by atoms with Crippen LogP contribution in [0.1, 0.15) is 65.4 Å². The standard InChI is InChI=1S/C24H38N2O3S/c1-7-9-20-16-21(18-29-26-23(3,4)14-8-15-24(26,5)6)25(17-20)30(27,28)22-12-10-19(2)11-13-22/h7,10-13,20-21H,1,8-9,14-18H2,2-6H3/t20-,21+/m1/s1. The van der Waals surface area contributed by atoms with Gasteiger partial charge in [-0.05, 0) is 84.8 Å². The molecule has 0 bridgehead atoms. The summed E-state index contributed by atoms with van der Waals surface area (Å²) in [6.07, 6.45) is 6.83. The summed E-state index contributed by atoms with van der Waals surface area (Å²) in [5.41, 5.74) is 0.914. The molecule has 2 aliphatic rings. The monoisotopic (exact) mass is 434 g/mol. The van der Waals surface area contributed by atoms with Gasteiger partial charge in [-0.2, -0.15) is 9.37 Å². The molecule has 2 saturated heterocycles. The van der Waals surface area contributed by atoms with Gasteiger partial charge in [0.2, 0.25) is 10.0 Å². The molecule has 5 nitrogen and oxygen atoms in total. The van der Waals surface area contributed by atoms with Gasteiger partial charge >= 0.3 is 0 Å². The Morgan fingerprint density at radius 2 is 1.73 bits per heavy atom. The Morgan fingerprint density at radius 3 is 2.30 bits per heavy atom. The summed E-state index contributed by atoms with van der Waals surface area (Å²) in [6.45, 7) is 15.6. The summed E-state index contributed by atoms with van der Waals surface area (Å²) in [7, 11) is -3.57. The first-order chi connectivity index (χ1) is 14.0. The minimum atomic E-state index is -3.57. The molecule has 0 aromatic heterocycles. The van der Waals surface area contributed by atoms with Gasteiger partial charge in [-0.25, -0.2) is 8.42 Å². The van der Waals surface area contributed by atoms with E-state index in [1.165, 1.54) is 6.42 Å². The first kappa shape index (κ1) is 23.5. The number of rotatable bonds is 7. The van der Waals surface area contributed by atoms with Crippen molar-refractivity contribution in [3.05, 3.63) is 42.5 Å². The molecule has 1 aromatic rings. The molecule has 0 radical (unpaired) electrons. The molecule has 2 aliphatic heterocycles. The largest absolute Gasteiger partial charge is 0.296 e. The smallest absolute Gasteiger partial charge is 0.243 e. The number of hydrogen-bond acceptors (Lipinski definition) is 4. The maximum atomic E-state index is 13.4. The number of piperidine rings is 1. The lowest BCUT2D eigenvalue weighted by atomic mass is 9.82. The van der Waals surface area contributed by atoms with Crippen molar-refractivity contribution < 1.29 is 13.3 Å². The predicted molar refractivity (Wildman–Crippen MR) is 122 cm³/mol. The van der Waals surface area contributed by atoms with Crippen molar-refractivity contribution in [2.75, 3.05) is 13.2 Å². The molecule has 0 amide bonds. The number of benzene rings is 1. The zero-order valence-corrected chi connectivity index (χ0v) is 20.0. The second-order valence-corrected chi connectivity index (χ2v) is 12.1. The molecule has 30 heavy (non-hydrogen) atoms. The predicted octanol–water partition coefficient (Wildman–Crippen LogP) is 4.93. The van der Waals surface area contributed by atoms with Gasteiger partial charge in [-0.15, -0.1) is 6.58 Å². The van der Waals surface area contributed by atoms with Gasteiger partial charge < -0.3 is 0 Å². The van der Waals surface area contributed by atoms with Crippen molar-refractivity contribution in [1.82, 2.24) is 9.37 Å². The molecular weight excluding hydrogens is 396 g/mol. The fourth-order valence-electron chi connectivity index (χ4n) is 5.16. The Bertz CT molecular complexity index is 830. The second kappa shape index (κ2) is 8.73. The topological polar surface area (TPSA) is 49.9 Å². The Morgan fingerprint density at radius 1 is 1.13 bits per heavy atom. The zero-order valence-electron chi connectivity index (χ0n) is 19.2. The van der Waals surface area contributed by atoms with Crippen LogP contribution in [0, 0.1) is 12.8 Å². The highest BCUT2D eigenvalue weighted by Gasteiger charge is 2.45. The molecule has 0 N–H and O–H groups in total. The summed E-state index contributed by atoms with van der Waals surface area (Å²) in [4.78, 5) is 6.76. The number of sulfonamides is 1. The van der Waals surface area contributed by atoms with Crippen LogP contribution in [0.3, 0.4) is 0 Å². The zero-order chi connectivity index (χ0) is 22.2. The minimum absolute atomic E-state index is 0.0679. The van der Waals surface area contributed by atoms with Crippen LogP contribution in [0.25, 0.3) is 0 Å². The fraction of sp³-hybridized carbons (Fsp3) is 0.667. The van der Waals surface area contributed by atoms with E-state index >= 15 is 0 Å². The van der Waals surface area contributed by atoms with Crippen molar-refractivity contribution >= 4 is 10.0 Å². The summed E-state index contributed by atoms with van der Waals surface area (Å²) < 4.78 is 28.5. The quantitative estimate of drug-likeness (QED) is 0.571. The van der Waals surface area contributed by atoms with Crippen LogP contribution < -0.4 is 0 Å². The molecule has 0 spiro atoms. The van der Waals surface area contributed by atoms with Crippen LogP contribution in [-0.2, 0) is 14.9 Å². The van der Waals surface area contributed by atoms with E-state index in [1.54, 1.807) is 16.4 Å². The van der Waals surface area contributed by atoms with Crippen LogP contribution in [0.15, 0.2) is 41.8 Å². The molecule has 1 aromatic carbocycles. The normalized spacial score (nSPS) is 27.2. The number of allylic oxidation sites excluding steroid dienone is 1. The van der Waals surface area contributed by atoms with E-state index in [0.29, 0.717) is 18.0 Å². The number of hydrogen-bond donors (Lipinski definition) is 0. The van der Waals surface area contributed by atoms with Crippen molar-refractivity contribution in [3.8, 4) is 0 Å². The average Bonchev–Trinajstić information content (AvgIpc) is 3.04. The lowest BCUT2D eigenvalue weighted by molar-refractivity contribution is -0.284. The van der Waals surface area contributed by atoms with E-state index in [0.717, 1.165) is 31.2 Å². The second-order valence-electron chi connectivity index (χ2n) is 10.2. The molecule has 6 heteroatoms. The summed E-state index contributed by atoms with van der Waals surface area (Å²) in [6, 6.07) is 6.96. The van der Waals surface area contributed by atoms with Gasteiger partial charge in [0.05, 0.1) is 17.5 Å². The van der Waals surface area contributed by atoms with Gasteiger partial charge in [-0.1, -0.05) is 23.8 Å². The van der Waals surface area contributed by atoms with E-state index < -0.39 is 10.0 Å². The molecule has 168 valence electrons. The first-order valence-corrected chi connectivity index (χ1v) is 12.5. The number of nitrogens with zero attached hydrogens (tertiary/aromatic N) is 2. The van der Waals surface area contributed by atoms with Crippen molar-refractivity contribution in [1.29, 1.82) is 0 Å². The maximum absolute atomic E-state index is 13.4. The average molecular weight is 435 g/mol. The Labute approximate surface area is 183 Å². The first-order valence-electron chi connectivity index (χ1n) is 11.1. The number of hydroxylamine groups is 2. The molecular formula is C24H38N2O3S. The van der Waals surface area contributed by atoms with E-state index in [1.807, 2.05) is 25.1 Å². The van der Waals surface area contributed by atoms with Crippen LogP contribution in [0.4, 0.5) is 0 Å². The SMILES string of the molecule is C=CC[C@@H]1C[C@@H](CON2C(C)(C)CCCC2(C)C)N(S(=O)(=O)c2ccc(C)cc2)C1. The Kier molecular flexibility index (Phi) is 6.83. The fourth-order valence-corrected chi connectivity index (χ4v) is 6.86. The summed E-state index contributed by atoms with van der Waals surface area (Å²) >= 11 is 0. The lowest BCUT2D eigenvalue weighted by Gasteiger charge is -2.51. The summed E-state index contributed by atoms with van der Waals surface area (Å²) in [5.74, 6) is 0.277. The van der Waals surface area contributed by atoms with Crippen molar-refractivity contribution in [2.24, 2.45) is 5.92 Å². The van der Waals surface area contributed by atoms with Gasteiger partial charge in [0, 0.05) is 17.6 Å². The molecule has 2 heterocycles. The van der Waals surface area contributed by atoms with E-state index in [9.17, 15) is 8.42 Å². The molecule has 3 rings (SSSR count). The van der Waals surface area contributed by atoms with Gasteiger partial charge in [0.1, 0.15) is 0 Å². The third-order valence-corrected chi connectivity index (χ3v) is 8.58. The van der Waals surface area contributed by atoms with Gasteiger partial charge in [-0.3, -0.25) is 4.84 Å². The van der Waals surface area contributed by atoms with Crippen LogP contribution in [0.2, 0.25) is 0 Å². The van der Waals surface area contributed by atoms with Gasteiger partial charge in [0.15, 0.2) is 0 Å². The van der Waals surface area contributed by atoms with E-state index in [-0.39, 0.29) is 23.0 Å². The van der Waals surface area contributed by atoms with Crippen LogP contribution in [-0.4, -0.2) is 48.1 Å². The molecule has 0 unspecified atom stereocenters.